The summed E-state index contributed by atoms with van der Waals surface area (Å²) >= 11 is 0. The van der Waals surface area contributed by atoms with Gasteiger partial charge < -0.3 is 14.8 Å². The molecule has 0 aliphatic heterocycles. The lowest BCUT2D eigenvalue weighted by Crippen LogP contribution is -2.00. The fraction of sp³-hybridized carbons (Fsp3) is 0.250. The van der Waals surface area contributed by atoms with Crippen LogP contribution in [0.1, 0.15) is 41.5 Å². The predicted octanol–water partition coefficient (Wildman–Crippen LogP) is 3.53. The van der Waals surface area contributed by atoms with Crippen LogP contribution in [-0.4, -0.2) is 27.0 Å². The molecule has 0 saturated heterocycles. The normalized spacial score (nSPS) is 11.4. The second kappa shape index (κ2) is 5.83. The molecule has 2 aromatic rings. The van der Waals surface area contributed by atoms with Gasteiger partial charge in [-0.2, -0.15) is 0 Å². The van der Waals surface area contributed by atoms with Gasteiger partial charge in [-0.1, -0.05) is 0 Å². The third-order valence-corrected chi connectivity index (χ3v) is 3.20. The fourth-order valence-corrected chi connectivity index (χ4v) is 2.17. The Morgan fingerprint density at radius 1 is 1.33 bits per heavy atom. The molecular weight excluding hydrogens is 268 g/mol. The Labute approximate surface area is 123 Å². The highest BCUT2D eigenvalue weighted by atomic mass is 16.4. The van der Waals surface area contributed by atoms with Gasteiger partial charge in [0.25, 0.3) is 0 Å². The molecule has 5 nitrogen and oxygen atoms in total. The molecule has 0 fully saturated rings. The Morgan fingerprint density at radius 2 is 2.05 bits per heavy atom. The molecule has 110 valence electrons. The van der Waals surface area contributed by atoms with Crippen molar-refractivity contribution in [2.45, 2.75) is 26.8 Å². The average molecular weight is 286 g/mol. The number of aliphatic imine (C=N–C) groups is 1. The summed E-state index contributed by atoms with van der Waals surface area (Å²) in [5, 5.41) is 18.4. The molecule has 0 amide bonds. The summed E-state index contributed by atoms with van der Waals surface area (Å²) in [4.78, 5) is 15.2. The van der Waals surface area contributed by atoms with E-state index in [1.54, 1.807) is 12.3 Å². The minimum absolute atomic E-state index is 0.152. The van der Waals surface area contributed by atoms with Crippen molar-refractivity contribution < 1.29 is 15.0 Å². The first-order valence-corrected chi connectivity index (χ1v) is 6.67. The number of carboxylic acids is 1. The average Bonchev–Trinajstić information content (AvgIpc) is 2.79. The minimum atomic E-state index is -1.17. The Morgan fingerprint density at radius 3 is 2.62 bits per heavy atom. The molecule has 0 saturated carbocycles. The van der Waals surface area contributed by atoms with Crippen molar-refractivity contribution in [3.05, 3.63) is 47.3 Å². The van der Waals surface area contributed by atoms with Gasteiger partial charge in [0.2, 0.25) is 0 Å². The summed E-state index contributed by atoms with van der Waals surface area (Å²) < 4.78 is 2.14. The van der Waals surface area contributed by atoms with Crippen LogP contribution in [0.4, 0.5) is 5.69 Å². The van der Waals surface area contributed by atoms with Gasteiger partial charge in [-0.25, -0.2) is 4.79 Å². The molecular formula is C16H18N2O3. The molecule has 21 heavy (non-hydrogen) atoms. The van der Waals surface area contributed by atoms with Gasteiger partial charge in [0.05, 0.1) is 5.69 Å². The number of aromatic carboxylic acids is 1. The Bertz CT molecular complexity index is 700. The first kappa shape index (κ1) is 14.8. The second-order valence-electron chi connectivity index (χ2n) is 5.18. The minimum Gasteiger partial charge on any atom is -0.507 e. The van der Waals surface area contributed by atoms with Gasteiger partial charge in [0, 0.05) is 29.7 Å². The van der Waals surface area contributed by atoms with E-state index < -0.39 is 5.97 Å². The smallest absolute Gasteiger partial charge is 0.339 e. The summed E-state index contributed by atoms with van der Waals surface area (Å²) in [5.74, 6) is -1.44. The third kappa shape index (κ3) is 3.31. The van der Waals surface area contributed by atoms with Gasteiger partial charge in [0.15, 0.2) is 0 Å². The molecule has 0 unspecified atom stereocenters. The van der Waals surface area contributed by atoms with Crippen molar-refractivity contribution in [1.29, 1.82) is 0 Å². The van der Waals surface area contributed by atoms with Crippen LogP contribution in [0.2, 0.25) is 0 Å². The number of aryl methyl sites for hydroxylation is 1. The molecule has 1 heterocycles. The van der Waals surface area contributed by atoms with Gasteiger partial charge in [-0.15, -0.1) is 0 Å². The largest absolute Gasteiger partial charge is 0.507 e. The van der Waals surface area contributed by atoms with Gasteiger partial charge in [-0.05, 0) is 45.0 Å². The van der Waals surface area contributed by atoms with Crippen LogP contribution in [0.5, 0.6) is 5.75 Å². The Hall–Kier alpha value is -2.56. The molecule has 2 rings (SSSR count). The van der Waals surface area contributed by atoms with Crippen molar-refractivity contribution >= 4 is 17.9 Å². The standard InChI is InChI=1S/C16H18N2O3/c1-10(2)18-9-12(6-11(18)3)8-17-13-4-5-15(19)14(7-13)16(20)21/h4-10,19H,1-3H3,(H,20,21). The Balaban J connectivity index is 2.27. The number of hydrogen-bond donors (Lipinski definition) is 2. The van der Waals surface area contributed by atoms with E-state index in [9.17, 15) is 9.90 Å². The summed E-state index contributed by atoms with van der Waals surface area (Å²) in [7, 11) is 0. The maximum atomic E-state index is 11.0. The molecule has 1 aromatic heterocycles. The fourth-order valence-electron chi connectivity index (χ4n) is 2.17. The molecule has 0 radical (unpaired) electrons. The molecule has 0 atom stereocenters. The van der Waals surface area contributed by atoms with E-state index >= 15 is 0 Å². The van der Waals surface area contributed by atoms with Crippen LogP contribution >= 0.6 is 0 Å². The summed E-state index contributed by atoms with van der Waals surface area (Å²) in [6.07, 6.45) is 3.69. The molecule has 1 aromatic carbocycles. The zero-order valence-corrected chi connectivity index (χ0v) is 12.2. The second-order valence-corrected chi connectivity index (χ2v) is 5.18. The number of benzene rings is 1. The molecule has 5 heteroatoms. The maximum Gasteiger partial charge on any atom is 0.339 e. The lowest BCUT2D eigenvalue weighted by molar-refractivity contribution is 0.0694. The van der Waals surface area contributed by atoms with Gasteiger partial charge in [0.1, 0.15) is 11.3 Å². The molecule has 0 aliphatic carbocycles. The van der Waals surface area contributed by atoms with E-state index in [-0.39, 0.29) is 11.3 Å². The number of carboxylic acid groups (broad SMARTS) is 1. The molecule has 0 bridgehead atoms. The first-order valence-electron chi connectivity index (χ1n) is 6.67. The number of hydrogen-bond acceptors (Lipinski definition) is 3. The zero-order valence-electron chi connectivity index (χ0n) is 12.2. The van der Waals surface area contributed by atoms with E-state index in [0.29, 0.717) is 11.7 Å². The summed E-state index contributed by atoms with van der Waals surface area (Å²) in [6, 6.07) is 6.65. The number of phenols is 1. The van der Waals surface area contributed by atoms with E-state index in [4.69, 9.17) is 5.11 Å². The number of carbonyl (C=O) groups is 1. The topological polar surface area (TPSA) is 74.8 Å². The van der Waals surface area contributed by atoms with Crippen molar-refractivity contribution in [3.8, 4) is 5.75 Å². The van der Waals surface area contributed by atoms with Gasteiger partial charge in [-0.3, -0.25) is 4.99 Å². The lowest BCUT2D eigenvalue weighted by Gasteiger charge is -2.08. The van der Waals surface area contributed by atoms with E-state index in [0.717, 1.165) is 11.3 Å². The van der Waals surface area contributed by atoms with E-state index in [1.165, 1.54) is 12.1 Å². The highest BCUT2D eigenvalue weighted by molar-refractivity contribution is 5.92. The van der Waals surface area contributed by atoms with Crippen LogP contribution in [-0.2, 0) is 0 Å². The van der Waals surface area contributed by atoms with E-state index in [2.05, 4.69) is 23.4 Å². The van der Waals surface area contributed by atoms with Crippen LogP contribution in [0.25, 0.3) is 0 Å². The number of aromatic hydroxyl groups is 1. The summed E-state index contributed by atoms with van der Waals surface area (Å²) in [5.41, 5.74) is 2.43. The molecule has 0 spiro atoms. The number of nitrogens with zero attached hydrogens (tertiary/aromatic N) is 2. The third-order valence-electron chi connectivity index (χ3n) is 3.20. The van der Waals surface area contributed by atoms with Crippen LogP contribution in [0, 0.1) is 6.92 Å². The monoisotopic (exact) mass is 286 g/mol. The number of aromatic nitrogens is 1. The van der Waals surface area contributed by atoms with Gasteiger partial charge >= 0.3 is 5.97 Å². The Kier molecular flexibility index (Phi) is 4.12. The van der Waals surface area contributed by atoms with Crippen LogP contribution < -0.4 is 0 Å². The predicted molar refractivity (Wildman–Crippen MR) is 81.9 cm³/mol. The highest BCUT2D eigenvalue weighted by Gasteiger charge is 2.09. The highest BCUT2D eigenvalue weighted by Crippen LogP contribution is 2.23. The molecule has 2 N–H and O–H groups in total. The zero-order chi connectivity index (χ0) is 15.6. The quantitative estimate of drug-likeness (QED) is 0.844. The van der Waals surface area contributed by atoms with Crippen molar-refractivity contribution in [3.63, 3.8) is 0 Å². The van der Waals surface area contributed by atoms with Crippen molar-refractivity contribution in [2.24, 2.45) is 4.99 Å². The van der Waals surface area contributed by atoms with Crippen LogP contribution in [0.3, 0.4) is 0 Å². The SMILES string of the molecule is Cc1cc(C=Nc2ccc(O)c(C(=O)O)c2)cn1C(C)C. The van der Waals surface area contributed by atoms with Crippen molar-refractivity contribution in [1.82, 2.24) is 4.57 Å². The molecule has 0 aliphatic rings. The lowest BCUT2D eigenvalue weighted by atomic mass is 10.2. The summed E-state index contributed by atoms with van der Waals surface area (Å²) in [6.45, 7) is 6.24. The van der Waals surface area contributed by atoms with Crippen LogP contribution in [0.15, 0.2) is 35.5 Å². The van der Waals surface area contributed by atoms with E-state index in [1.807, 2.05) is 19.2 Å². The van der Waals surface area contributed by atoms with Crippen molar-refractivity contribution in [2.75, 3.05) is 0 Å². The number of rotatable bonds is 4. The first-order chi connectivity index (χ1) is 9.88. The maximum absolute atomic E-state index is 11.0.